The van der Waals surface area contributed by atoms with Crippen LogP contribution in [-0.2, 0) is 0 Å². The first kappa shape index (κ1) is 14.4. The highest BCUT2D eigenvalue weighted by Crippen LogP contribution is 2.29. The zero-order chi connectivity index (χ0) is 14.7. The van der Waals surface area contributed by atoms with Gasteiger partial charge in [0.05, 0.1) is 11.4 Å². The predicted octanol–water partition coefficient (Wildman–Crippen LogP) is 3.44. The maximum absolute atomic E-state index is 11.5. The highest BCUT2D eigenvalue weighted by Gasteiger charge is 2.08. The van der Waals surface area contributed by atoms with Crippen molar-refractivity contribution in [2.45, 2.75) is 6.92 Å². The number of rotatable bonds is 3. The SMILES string of the molecule is CNC(=O)c1ccc(Nc2cccc(Br)c2C)c(N)c1. The molecule has 0 aliphatic carbocycles. The summed E-state index contributed by atoms with van der Waals surface area (Å²) < 4.78 is 1.03. The lowest BCUT2D eigenvalue weighted by Gasteiger charge is -2.13. The van der Waals surface area contributed by atoms with Gasteiger partial charge < -0.3 is 16.4 Å². The second-order valence-electron chi connectivity index (χ2n) is 4.42. The lowest BCUT2D eigenvalue weighted by molar-refractivity contribution is 0.0963. The van der Waals surface area contributed by atoms with Crippen LogP contribution in [0.25, 0.3) is 0 Å². The van der Waals surface area contributed by atoms with E-state index in [9.17, 15) is 4.79 Å². The quantitative estimate of drug-likeness (QED) is 0.753. The summed E-state index contributed by atoms with van der Waals surface area (Å²) in [6.45, 7) is 2.02. The van der Waals surface area contributed by atoms with Crippen LogP contribution in [0.3, 0.4) is 0 Å². The van der Waals surface area contributed by atoms with Gasteiger partial charge in [-0.15, -0.1) is 0 Å². The largest absolute Gasteiger partial charge is 0.397 e. The van der Waals surface area contributed by atoms with E-state index in [0.717, 1.165) is 21.4 Å². The minimum atomic E-state index is -0.151. The molecule has 2 aromatic rings. The normalized spacial score (nSPS) is 10.2. The van der Waals surface area contributed by atoms with Gasteiger partial charge in [-0.2, -0.15) is 0 Å². The minimum Gasteiger partial charge on any atom is -0.397 e. The summed E-state index contributed by atoms with van der Waals surface area (Å²) in [5.41, 5.74) is 9.92. The topological polar surface area (TPSA) is 67.2 Å². The number of hydrogen-bond donors (Lipinski definition) is 3. The van der Waals surface area contributed by atoms with E-state index >= 15 is 0 Å². The summed E-state index contributed by atoms with van der Waals surface area (Å²) in [7, 11) is 1.59. The van der Waals surface area contributed by atoms with Crippen molar-refractivity contribution in [3.63, 3.8) is 0 Å². The summed E-state index contributed by atoms with van der Waals surface area (Å²) in [4.78, 5) is 11.5. The number of nitrogens with one attached hydrogen (secondary N) is 2. The standard InChI is InChI=1S/C15H16BrN3O/c1-9-11(16)4-3-5-13(9)19-14-7-6-10(8-12(14)17)15(20)18-2/h3-8,19H,17H2,1-2H3,(H,18,20). The molecule has 0 aliphatic rings. The molecule has 0 radical (unpaired) electrons. The van der Waals surface area contributed by atoms with Crippen LogP contribution in [0, 0.1) is 6.92 Å². The second kappa shape index (κ2) is 5.96. The number of amides is 1. The second-order valence-corrected chi connectivity index (χ2v) is 5.27. The Kier molecular flexibility index (Phi) is 4.29. The van der Waals surface area contributed by atoms with Crippen molar-refractivity contribution in [1.82, 2.24) is 5.32 Å². The lowest BCUT2D eigenvalue weighted by atomic mass is 10.1. The van der Waals surface area contributed by atoms with Crippen molar-refractivity contribution < 1.29 is 4.79 Å². The Morgan fingerprint density at radius 3 is 2.60 bits per heavy atom. The van der Waals surface area contributed by atoms with Gasteiger partial charge in [0, 0.05) is 22.8 Å². The molecule has 0 spiro atoms. The van der Waals surface area contributed by atoms with Gasteiger partial charge in [-0.3, -0.25) is 4.79 Å². The van der Waals surface area contributed by atoms with Crippen molar-refractivity contribution in [2.24, 2.45) is 0 Å². The van der Waals surface area contributed by atoms with E-state index in [1.54, 1.807) is 25.2 Å². The maximum atomic E-state index is 11.5. The van der Waals surface area contributed by atoms with E-state index < -0.39 is 0 Å². The van der Waals surface area contributed by atoms with Crippen molar-refractivity contribution in [3.8, 4) is 0 Å². The molecular weight excluding hydrogens is 318 g/mol. The van der Waals surface area contributed by atoms with Gasteiger partial charge in [0.1, 0.15) is 0 Å². The van der Waals surface area contributed by atoms with Crippen molar-refractivity contribution in [2.75, 3.05) is 18.1 Å². The van der Waals surface area contributed by atoms with Crippen LogP contribution in [-0.4, -0.2) is 13.0 Å². The Balaban J connectivity index is 2.30. The summed E-state index contributed by atoms with van der Waals surface area (Å²) in [6, 6.07) is 11.1. The Morgan fingerprint density at radius 2 is 1.95 bits per heavy atom. The Hall–Kier alpha value is -2.01. The summed E-state index contributed by atoms with van der Waals surface area (Å²) in [6.07, 6.45) is 0. The molecule has 0 fully saturated rings. The molecule has 1 amide bonds. The molecule has 0 saturated carbocycles. The number of hydrogen-bond acceptors (Lipinski definition) is 3. The molecule has 2 rings (SSSR count). The number of carbonyl (C=O) groups excluding carboxylic acids is 1. The van der Waals surface area contributed by atoms with Gasteiger partial charge in [-0.25, -0.2) is 0 Å². The van der Waals surface area contributed by atoms with Gasteiger partial charge in [0.2, 0.25) is 0 Å². The van der Waals surface area contributed by atoms with Crippen LogP contribution < -0.4 is 16.4 Å². The van der Waals surface area contributed by atoms with Crippen LogP contribution >= 0.6 is 15.9 Å². The van der Waals surface area contributed by atoms with E-state index in [-0.39, 0.29) is 5.91 Å². The number of anilines is 3. The summed E-state index contributed by atoms with van der Waals surface area (Å²) in [5.74, 6) is -0.151. The third-order valence-electron chi connectivity index (χ3n) is 3.08. The predicted molar refractivity (Wildman–Crippen MR) is 86.4 cm³/mol. The fourth-order valence-electron chi connectivity index (χ4n) is 1.85. The van der Waals surface area contributed by atoms with Crippen molar-refractivity contribution >= 4 is 38.9 Å². The molecule has 0 bridgehead atoms. The van der Waals surface area contributed by atoms with E-state index in [1.807, 2.05) is 25.1 Å². The average Bonchev–Trinajstić information content (AvgIpc) is 2.45. The molecule has 0 saturated heterocycles. The fourth-order valence-corrected chi connectivity index (χ4v) is 2.22. The molecule has 2 aromatic carbocycles. The third-order valence-corrected chi connectivity index (χ3v) is 3.94. The maximum Gasteiger partial charge on any atom is 0.251 e. The fraction of sp³-hybridized carbons (Fsp3) is 0.133. The molecule has 5 heteroatoms. The van der Waals surface area contributed by atoms with Gasteiger partial charge in [-0.1, -0.05) is 22.0 Å². The Labute approximate surface area is 126 Å². The van der Waals surface area contributed by atoms with E-state index in [0.29, 0.717) is 11.3 Å². The van der Waals surface area contributed by atoms with E-state index in [2.05, 4.69) is 26.6 Å². The van der Waals surface area contributed by atoms with Crippen LogP contribution in [0.2, 0.25) is 0 Å². The molecule has 0 aliphatic heterocycles. The number of halogens is 1. The zero-order valence-corrected chi connectivity index (χ0v) is 12.9. The smallest absolute Gasteiger partial charge is 0.251 e. The molecule has 0 atom stereocenters. The molecular formula is C15H16BrN3O. The number of nitrogens with two attached hydrogens (primary N) is 1. The van der Waals surface area contributed by atoms with Gasteiger partial charge in [0.15, 0.2) is 0 Å². The highest BCUT2D eigenvalue weighted by atomic mass is 79.9. The van der Waals surface area contributed by atoms with Gasteiger partial charge >= 0.3 is 0 Å². The Bertz CT molecular complexity index is 656. The molecule has 4 nitrogen and oxygen atoms in total. The number of benzene rings is 2. The molecule has 0 heterocycles. The zero-order valence-electron chi connectivity index (χ0n) is 11.3. The van der Waals surface area contributed by atoms with Gasteiger partial charge in [-0.05, 0) is 42.8 Å². The summed E-state index contributed by atoms with van der Waals surface area (Å²) >= 11 is 3.49. The summed E-state index contributed by atoms with van der Waals surface area (Å²) in [5, 5.41) is 5.85. The first-order valence-electron chi connectivity index (χ1n) is 6.16. The van der Waals surface area contributed by atoms with Crippen molar-refractivity contribution in [1.29, 1.82) is 0 Å². The highest BCUT2D eigenvalue weighted by molar-refractivity contribution is 9.10. The minimum absolute atomic E-state index is 0.151. The van der Waals surface area contributed by atoms with Crippen LogP contribution in [0.1, 0.15) is 15.9 Å². The van der Waals surface area contributed by atoms with Crippen LogP contribution in [0.15, 0.2) is 40.9 Å². The van der Waals surface area contributed by atoms with Crippen molar-refractivity contribution in [3.05, 3.63) is 52.0 Å². The Morgan fingerprint density at radius 1 is 1.20 bits per heavy atom. The van der Waals surface area contributed by atoms with Gasteiger partial charge in [0.25, 0.3) is 5.91 Å². The lowest BCUT2D eigenvalue weighted by Crippen LogP contribution is -2.18. The van der Waals surface area contributed by atoms with E-state index in [4.69, 9.17) is 5.73 Å². The average molecular weight is 334 g/mol. The number of nitrogen functional groups attached to an aromatic ring is 1. The molecule has 0 aromatic heterocycles. The monoisotopic (exact) mass is 333 g/mol. The molecule has 20 heavy (non-hydrogen) atoms. The van der Waals surface area contributed by atoms with Crippen LogP contribution in [0.5, 0.6) is 0 Å². The number of carbonyl (C=O) groups is 1. The van der Waals surface area contributed by atoms with E-state index in [1.165, 1.54) is 0 Å². The molecule has 4 N–H and O–H groups in total. The third kappa shape index (κ3) is 2.93. The first-order chi connectivity index (χ1) is 9.52. The molecule has 104 valence electrons. The first-order valence-corrected chi connectivity index (χ1v) is 6.96. The van der Waals surface area contributed by atoms with Crippen LogP contribution in [0.4, 0.5) is 17.1 Å². The molecule has 0 unspecified atom stereocenters.